The number of hydrogen-bond donors (Lipinski definition) is 1. The van der Waals surface area contributed by atoms with Gasteiger partial charge in [0.15, 0.2) is 28.7 Å². The van der Waals surface area contributed by atoms with Gasteiger partial charge >= 0.3 is 11.9 Å². The van der Waals surface area contributed by atoms with E-state index in [2.05, 4.69) is 4.98 Å². The number of esters is 1. The maximum Gasteiger partial charge on any atom is 0.339 e. The Hall–Kier alpha value is -5.25. The number of rotatable bonds is 10. The van der Waals surface area contributed by atoms with Gasteiger partial charge in [-0.3, -0.25) is 9.78 Å². The Labute approximate surface area is 247 Å². The maximum atomic E-state index is 14.0. The number of carboxylic acid groups (broad SMARTS) is 1. The Kier molecular flexibility index (Phi) is 7.74. The molecule has 2 heterocycles. The quantitative estimate of drug-likeness (QED) is 0.175. The first kappa shape index (κ1) is 27.9. The third-order valence-electron chi connectivity index (χ3n) is 7.42. The molecular weight excluding hydrogens is 554 g/mol. The lowest BCUT2D eigenvalue weighted by Gasteiger charge is -2.21. The van der Waals surface area contributed by atoms with E-state index in [4.69, 9.17) is 28.4 Å². The standard InChI is InChI=1S/C33H29NO9/c1-3-12-39-22-5-7-23-20(13-22)14-25(31(23)19-4-8-26-28(15-19)41-18-40-26)33(37)43-27-9-6-21(38-2)16-29(27)42-30-17-34-11-10-24(30)32(35)36/h4-11,13,15-17,25,31H,3,12,14,18H2,1-2H3,(H,35,36). The van der Waals surface area contributed by atoms with Crippen LogP contribution < -0.4 is 28.4 Å². The number of aromatic carboxylic acids is 1. The van der Waals surface area contributed by atoms with Gasteiger partial charge in [0.2, 0.25) is 6.79 Å². The van der Waals surface area contributed by atoms with E-state index in [1.165, 1.54) is 31.6 Å². The number of benzene rings is 3. The van der Waals surface area contributed by atoms with Crippen molar-refractivity contribution in [2.75, 3.05) is 20.5 Å². The summed E-state index contributed by atoms with van der Waals surface area (Å²) in [4.78, 5) is 29.7. The van der Waals surface area contributed by atoms with Crippen LogP contribution in [-0.2, 0) is 11.2 Å². The molecule has 0 radical (unpaired) electrons. The minimum absolute atomic E-state index is 0.00771. The molecule has 10 heteroatoms. The van der Waals surface area contributed by atoms with Crippen molar-refractivity contribution in [3.05, 3.63) is 95.3 Å². The largest absolute Gasteiger partial charge is 0.497 e. The predicted molar refractivity (Wildman–Crippen MR) is 154 cm³/mol. The molecule has 0 bridgehead atoms. The van der Waals surface area contributed by atoms with Gasteiger partial charge in [0, 0.05) is 18.2 Å². The van der Waals surface area contributed by atoms with Crippen molar-refractivity contribution in [3.8, 4) is 40.2 Å². The molecule has 1 aliphatic heterocycles. The highest BCUT2D eigenvalue weighted by Crippen LogP contribution is 2.47. The zero-order valence-electron chi connectivity index (χ0n) is 23.6. The van der Waals surface area contributed by atoms with Crippen LogP contribution in [0.5, 0.6) is 40.2 Å². The molecule has 0 amide bonds. The molecule has 1 aromatic heterocycles. The minimum Gasteiger partial charge on any atom is -0.497 e. The summed E-state index contributed by atoms with van der Waals surface area (Å²) in [5.41, 5.74) is 2.79. The molecule has 0 saturated heterocycles. The van der Waals surface area contributed by atoms with Gasteiger partial charge in [-0.15, -0.1) is 0 Å². The monoisotopic (exact) mass is 583 g/mol. The molecular formula is C33H29NO9. The lowest BCUT2D eigenvalue weighted by atomic mass is 9.85. The second-order valence-corrected chi connectivity index (χ2v) is 10.1. The third kappa shape index (κ3) is 5.63. The average molecular weight is 584 g/mol. The normalized spacial score (nSPS) is 16.3. The number of pyridine rings is 1. The highest BCUT2D eigenvalue weighted by Gasteiger charge is 2.40. The number of hydrogen-bond acceptors (Lipinski definition) is 9. The summed E-state index contributed by atoms with van der Waals surface area (Å²) in [6.07, 6.45) is 3.95. The topological polar surface area (TPSA) is 123 Å². The molecule has 2 unspecified atom stereocenters. The van der Waals surface area contributed by atoms with Crippen LogP contribution in [-0.4, -0.2) is 42.5 Å². The van der Waals surface area contributed by atoms with Crippen molar-refractivity contribution < 1.29 is 43.1 Å². The molecule has 1 aliphatic carbocycles. The Morgan fingerprint density at radius 2 is 1.79 bits per heavy atom. The van der Waals surface area contributed by atoms with E-state index in [0.717, 1.165) is 28.9 Å². The van der Waals surface area contributed by atoms with E-state index < -0.39 is 17.9 Å². The average Bonchev–Trinajstić information content (AvgIpc) is 3.65. The molecule has 43 heavy (non-hydrogen) atoms. The summed E-state index contributed by atoms with van der Waals surface area (Å²) in [7, 11) is 1.49. The molecule has 0 spiro atoms. The van der Waals surface area contributed by atoms with Crippen molar-refractivity contribution in [2.24, 2.45) is 5.92 Å². The highest BCUT2D eigenvalue weighted by atomic mass is 16.7. The van der Waals surface area contributed by atoms with Crippen LogP contribution in [0.3, 0.4) is 0 Å². The first-order valence-corrected chi connectivity index (χ1v) is 13.8. The van der Waals surface area contributed by atoms with Gasteiger partial charge in [-0.1, -0.05) is 19.1 Å². The van der Waals surface area contributed by atoms with Crippen molar-refractivity contribution >= 4 is 11.9 Å². The van der Waals surface area contributed by atoms with E-state index >= 15 is 0 Å². The van der Waals surface area contributed by atoms with Crippen LogP contribution in [0.25, 0.3) is 0 Å². The summed E-state index contributed by atoms with van der Waals surface area (Å²) in [6.45, 7) is 2.78. The van der Waals surface area contributed by atoms with Gasteiger partial charge < -0.3 is 33.5 Å². The van der Waals surface area contributed by atoms with Gasteiger partial charge in [0.25, 0.3) is 0 Å². The van der Waals surface area contributed by atoms with E-state index in [9.17, 15) is 14.7 Å². The van der Waals surface area contributed by atoms with Crippen molar-refractivity contribution in [1.82, 2.24) is 4.98 Å². The first-order chi connectivity index (χ1) is 20.9. The number of fused-ring (bicyclic) bond motifs is 2. The van der Waals surface area contributed by atoms with Gasteiger partial charge in [-0.25, -0.2) is 4.79 Å². The smallest absolute Gasteiger partial charge is 0.339 e. The molecule has 0 saturated carbocycles. The lowest BCUT2D eigenvalue weighted by Crippen LogP contribution is -2.25. The summed E-state index contributed by atoms with van der Waals surface area (Å²) in [5.74, 6) is 0.0939. The van der Waals surface area contributed by atoms with Crippen LogP contribution in [0, 0.1) is 5.92 Å². The number of carboxylic acids is 1. The van der Waals surface area contributed by atoms with Crippen LogP contribution in [0.1, 0.15) is 46.3 Å². The number of carbonyl (C=O) groups excluding carboxylic acids is 1. The fourth-order valence-electron chi connectivity index (χ4n) is 5.40. The number of nitrogens with zero attached hydrogens (tertiary/aromatic N) is 1. The summed E-state index contributed by atoms with van der Waals surface area (Å²) in [5, 5.41) is 9.61. The SMILES string of the molecule is CCCOc1ccc2c(c1)CC(C(=O)Oc1ccc(OC)cc1Oc1cnccc1C(=O)O)C2c1ccc2c(c1)OCO2. The maximum absolute atomic E-state index is 14.0. The Balaban J connectivity index is 1.34. The zero-order valence-corrected chi connectivity index (χ0v) is 23.6. The second-order valence-electron chi connectivity index (χ2n) is 10.1. The summed E-state index contributed by atoms with van der Waals surface area (Å²) in [6, 6.07) is 17.6. The van der Waals surface area contributed by atoms with Crippen LogP contribution >= 0.6 is 0 Å². The molecule has 6 rings (SSSR count). The fourth-order valence-corrected chi connectivity index (χ4v) is 5.40. The minimum atomic E-state index is -1.18. The Morgan fingerprint density at radius 1 is 0.953 bits per heavy atom. The van der Waals surface area contributed by atoms with E-state index in [-0.39, 0.29) is 35.5 Å². The Bertz CT molecular complexity index is 1690. The van der Waals surface area contributed by atoms with Gasteiger partial charge in [0.1, 0.15) is 17.1 Å². The van der Waals surface area contributed by atoms with E-state index in [1.54, 1.807) is 12.1 Å². The van der Waals surface area contributed by atoms with Gasteiger partial charge in [0.05, 0.1) is 25.8 Å². The highest BCUT2D eigenvalue weighted by molar-refractivity contribution is 5.90. The summed E-state index contributed by atoms with van der Waals surface area (Å²) < 4.78 is 34.3. The van der Waals surface area contributed by atoms with Gasteiger partial charge in [-0.2, -0.15) is 0 Å². The molecule has 220 valence electrons. The van der Waals surface area contributed by atoms with E-state index in [0.29, 0.717) is 30.3 Å². The van der Waals surface area contributed by atoms with Crippen molar-refractivity contribution in [2.45, 2.75) is 25.7 Å². The molecule has 1 N–H and O–H groups in total. The predicted octanol–water partition coefficient (Wildman–Crippen LogP) is 6.01. The number of carbonyl (C=O) groups is 2. The van der Waals surface area contributed by atoms with Crippen molar-refractivity contribution in [1.29, 1.82) is 0 Å². The molecule has 4 aromatic rings. The molecule has 2 aliphatic rings. The first-order valence-electron chi connectivity index (χ1n) is 13.8. The van der Waals surface area contributed by atoms with Crippen LogP contribution in [0.2, 0.25) is 0 Å². The van der Waals surface area contributed by atoms with Crippen LogP contribution in [0.4, 0.5) is 0 Å². The lowest BCUT2D eigenvalue weighted by molar-refractivity contribution is -0.139. The number of methoxy groups -OCH3 is 1. The molecule has 0 fully saturated rings. The van der Waals surface area contributed by atoms with E-state index in [1.807, 2.05) is 43.3 Å². The number of aromatic nitrogens is 1. The third-order valence-corrected chi connectivity index (χ3v) is 7.42. The van der Waals surface area contributed by atoms with Crippen molar-refractivity contribution in [3.63, 3.8) is 0 Å². The molecule has 3 aromatic carbocycles. The zero-order chi connectivity index (χ0) is 29.9. The summed E-state index contributed by atoms with van der Waals surface area (Å²) >= 11 is 0. The second kappa shape index (κ2) is 11.9. The number of ether oxygens (including phenoxy) is 6. The van der Waals surface area contributed by atoms with Crippen LogP contribution in [0.15, 0.2) is 73.1 Å². The molecule has 10 nitrogen and oxygen atoms in total. The Morgan fingerprint density at radius 3 is 2.60 bits per heavy atom. The van der Waals surface area contributed by atoms with Gasteiger partial charge in [-0.05, 0) is 72.0 Å². The fraction of sp³-hybridized carbons (Fsp3) is 0.242. The molecule has 2 atom stereocenters.